The van der Waals surface area contributed by atoms with E-state index in [0.29, 0.717) is 5.57 Å². The summed E-state index contributed by atoms with van der Waals surface area (Å²) in [6.45, 7) is 3.06. The van der Waals surface area contributed by atoms with Crippen LogP contribution in [-0.4, -0.2) is 6.17 Å². The summed E-state index contributed by atoms with van der Waals surface area (Å²) in [7, 11) is 0. The van der Waals surface area contributed by atoms with Crippen LogP contribution in [0.1, 0.15) is 20.3 Å². The zero-order chi connectivity index (χ0) is 8.59. The van der Waals surface area contributed by atoms with Crippen LogP contribution in [0.4, 0.5) is 13.2 Å². The molecule has 0 nitrogen and oxygen atoms in total. The van der Waals surface area contributed by atoms with Crippen molar-refractivity contribution in [3.8, 4) is 0 Å². The summed E-state index contributed by atoms with van der Waals surface area (Å²) < 4.78 is 37.7. The fraction of sp³-hybridized carbons (Fsp3) is 0.500. The van der Waals surface area contributed by atoms with Gasteiger partial charge in [-0.2, -0.15) is 0 Å². The van der Waals surface area contributed by atoms with Gasteiger partial charge in [-0.1, -0.05) is 5.57 Å². The van der Waals surface area contributed by atoms with E-state index < -0.39 is 17.8 Å². The van der Waals surface area contributed by atoms with Gasteiger partial charge in [-0.25, -0.2) is 13.2 Å². The third kappa shape index (κ3) is 1.32. The molecule has 1 aliphatic rings. The molecule has 0 N–H and O–H groups in total. The molecule has 0 saturated heterocycles. The molecule has 0 aliphatic heterocycles. The fourth-order valence-electron chi connectivity index (χ4n) is 1.02. The maximum Gasteiger partial charge on any atom is 0.170 e. The molecule has 0 bridgehead atoms. The van der Waals surface area contributed by atoms with Gasteiger partial charge in [0.05, 0.1) is 0 Å². The van der Waals surface area contributed by atoms with Gasteiger partial charge in [0.25, 0.3) is 0 Å². The second-order valence-electron chi connectivity index (χ2n) is 2.74. The second kappa shape index (κ2) is 2.72. The van der Waals surface area contributed by atoms with E-state index in [1.54, 1.807) is 6.92 Å². The molecule has 0 radical (unpaired) electrons. The lowest BCUT2D eigenvalue weighted by Crippen LogP contribution is -2.10. The molecule has 0 amide bonds. The van der Waals surface area contributed by atoms with Gasteiger partial charge in [-0.15, -0.1) is 0 Å². The van der Waals surface area contributed by atoms with Crippen LogP contribution in [0, 0.1) is 0 Å². The largest absolute Gasteiger partial charge is 0.239 e. The Morgan fingerprint density at radius 1 is 1.27 bits per heavy atom. The van der Waals surface area contributed by atoms with E-state index in [4.69, 9.17) is 0 Å². The molecule has 0 saturated carbocycles. The Morgan fingerprint density at radius 2 is 1.82 bits per heavy atom. The van der Waals surface area contributed by atoms with E-state index in [1.807, 2.05) is 0 Å². The molecule has 0 heterocycles. The van der Waals surface area contributed by atoms with Gasteiger partial charge in [0, 0.05) is 6.42 Å². The summed E-state index contributed by atoms with van der Waals surface area (Å²) in [5.41, 5.74) is 0.813. The van der Waals surface area contributed by atoms with Crippen molar-refractivity contribution in [3.63, 3.8) is 0 Å². The quantitative estimate of drug-likeness (QED) is 0.513. The fourth-order valence-corrected chi connectivity index (χ4v) is 1.02. The van der Waals surface area contributed by atoms with E-state index in [-0.39, 0.29) is 12.0 Å². The van der Waals surface area contributed by atoms with E-state index in [9.17, 15) is 13.2 Å². The third-order valence-electron chi connectivity index (χ3n) is 1.94. The Labute approximate surface area is 63.4 Å². The van der Waals surface area contributed by atoms with Gasteiger partial charge in [-0.3, -0.25) is 0 Å². The zero-order valence-corrected chi connectivity index (χ0v) is 6.42. The second-order valence-corrected chi connectivity index (χ2v) is 2.74. The third-order valence-corrected chi connectivity index (χ3v) is 1.94. The number of hydrogen-bond donors (Lipinski definition) is 0. The van der Waals surface area contributed by atoms with Crippen molar-refractivity contribution < 1.29 is 13.2 Å². The Morgan fingerprint density at radius 3 is 2.36 bits per heavy atom. The first-order valence-electron chi connectivity index (χ1n) is 3.40. The van der Waals surface area contributed by atoms with Gasteiger partial charge in [0.15, 0.2) is 17.8 Å². The normalized spacial score (nSPS) is 26.5. The van der Waals surface area contributed by atoms with Gasteiger partial charge in [0.2, 0.25) is 0 Å². The first-order chi connectivity index (χ1) is 5.04. The van der Waals surface area contributed by atoms with Crippen molar-refractivity contribution in [2.24, 2.45) is 0 Å². The van der Waals surface area contributed by atoms with Crippen LogP contribution < -0.4 is 0 Å². The first kappa shape index (κ1) is 8.37. The van der Waals surface area contributed by atoms with Crippen LogP contribution in [0.3, 0.4) is 0 Å². The van der Waals surface area contributed by atoms with Crippen molar-refractivity contribution in [2.75, 3.05) is 0 Å². The number of allylic oxidation sites excluding steroid dienone is 4. The Hall–Kier alpha value is -0.730. The van der Waals surface area contributed by atoms with Crippen LogP contribution in [0.25, 0.3) is 0 Å². The summed E-state index contributed by atoms with van der Waals surface area (Å²) in [6, 6.07) is 0. The van der Waals surface area contributed by atoms with Gasteiger partial charge in [0.1, 0.15) is 0 Å². The Kier molecular flexibility index (Phi) is 2.07. The topological polar surface area (TPSA) is 0 Å². The van der Waals surface area contributed by atoms with Crippen molar-refractivity contribution >= 4 is 0 Å². The minimum atomic E-state index is -1.78. The zero-order valence-electron chi connectivity index (χ0n) is 6.42. The molecule has 1 rings (SSSR count). The Bertz CT molecular complexity index is 238. The number of halogens is 3. The molecule has 1 aliphatic carbocycles. The lowest BCUT2D eigenvalue weighted by molar-refractivity contribution is 0.303. The SMILES string of the molecule is CC1=C(C)C(F)=C(F)C(F)C1. The highest BCUT2D eigenvalue weighted by molar-refractivity contribution is 5.36. The van der Waals surface area contributed by atoms with Crippen LogP contribution >= 0.6 is 0 Å². The van der Waals surface area contributed by atoms with E-state index in [1.165, 1.54) is 6.92 Å². The number of alkyl halides is 1. The summed E-state index contributed by atoms with van der Waals surface area (Å²) in [4.78, 5) is 0. The molecule has 0 fully saturated rings. The molecule has 1 atom stereocenters. The molecule has 62 valence electrons. The highest BCUT2D eigenvalue weighted by atomic mass is 19.2. The van der Waals surface area contributed by atoms with Crippen molar-refractivity contribution in [1.29, 1.82) is 0 Å². The van der Waals surface area contributed by atoms with Crippen molar-refractivity contribution in [2.45, 2.75) is 26.4 Å². The maximum atomic E-state index is 12.7. The average Bonchev–Trinajstić information content (AvgIpc) is 1.97. The molecule has 0 aromatic carbocycles. The average molecular weight is 162 g/mol. The van der Waals surface area contributed by atoms with Gasteiger partial charge >= 0.3 is 0 Å². The van der Waals surface area contributed by atoms with Crippen molar-refractivity contribution in [3.05, 3.63) is 22.8 Å². The molecular formula is C8H9F3. The standard InChI is InChI=1S/C8H9F3/c1-4-3-6(9)8(11)7(10)5(4)2/h6H,3H2,1-2H3. The maximum absolute atomic E-state index is 12.7. The highest BCUT2D eigenvalue weighted by Crippen LogP contribution is 2.33. The molecule has 0 aromatic heterocycles. The van der Waals surface area contributed by atoms with Crippen LogP contribution in [0.2, 0.25) is 0 Å². The number of hydrogen-bond acceptors (Lipinski definition) is 0. The summed E-state index contributed by atoms with van der Waals surface area (Å²) >= 11 is 0. The minimum Gasteiger partial charge on any atom is -0.239 e. The summed E-state index contributed by atoms with van der Waals surface area (Å²) in [5, 5.41) is 0. The Balaban J connectivity index is 3.07. The predicted molar refractivity (Wildman–Crippen MR) is 37.1 cm³/mol. The van der Waals surface area contributed by atoms with Crippen LogP contribution in [0.15, 0.2) is 22.8 Å². The smallest absolute Gasteiger partial charge is 0.170 e. The number of rotatable bonds is 0. The highest BCUT2D eigenvalue weighted by Gasteiger charge is 2.25. The van der Waals surface area contributed by atoms with Gasteiger partial charge in [-0.05, 0) is 19.4 Å². The van der Waals surface area contributed by atoms with Crippen molar-refractivity contribution in [1.82, 2.24) is 0 Å². The first-order valence-corrected chi connectivity index (χ1v) is 3.40. The molecular weight excluding hydrogens is 153 g/mol. The lowest BCUT2D eigenvalue weighted by atomic mass is 9.97. The van der Waals surface area contributed by atoms with Crippen LogP contribution in [-0.2, 0) is 0 Å². The minimum absolute atomic E-state index is 0.0227. The molecule has 1 unspecified atom stereocenters. The van der Waals surface area contributed by atoms with Gasteiger partial charge < -0.3 is 0 Å². The monoisotopic (exact) mass is 162 g/mol. The molecule has 3 heteroatoms. The van der Waals surface area contributed by atoms with Crippen LogP contribution in [0.5, 0.6) is 0 Å². The van der Waals surface area contributed by atoms with E-state index in [2.05, 4.69) is 0 Å². The molecule has 0 spiro atoms. The summed E-state index contributed by atoms with van der Waals surface area (Å²) in [6.07, 6.45) is -1.80. The summed E-state index contributed by atoms with van der Waals surface area (Å²) in [5.74, 6) is -2.28. The molecule has 11 heavy (non-hydrogen) atoms. The van der Waals surface area contributed by atoms with E-state index in [0.717, 1.165) is 0 Å². The van der Waals surface area contributed by atoms with E-state index >= 15 is 0 Å². The lowest BCUT2D eigenvalue weighted by Gasteiger charge is -2.15. The molecule has 0 aromatic rings. The predicted octanol–water partition coefficient (Wildman–Crippen LogP) is 3.22.